The van der Waals surface area contributed by atoms with E-state index < -0.39 is 17.9 Å². The number of nitrogens with zero attached hydrogens (tertiary/aromatic N) is 2. The van der Waals surface area contributed by atoms with Gasteiger partial charge in [-0.2, -0.15) is 0 Å². The number of unbranched alkanes of at least 4 members (excludes halogenated alkanes) is 1. The van der Waals surface area contributed by atoms with Crippen molar-refractivity contribution in [3.63, 3.8) is 0 Å². The number of rotatable bonds is 12. The topological polar surface area (TPSA) is 111 Å². The molecular formula is C26H35N3O5. The molecule has 1 atom stereocenters. The van der Waals surface area contributed by atoms with Crippen molar-refractivity contribution in [3.8, 4) is 5.88 Å². The lowest BCUT2D eigenvalue weighted by atomic mass is 9.95. The lowest BCUT2D eigenvalue weighted by molar-refractivity contribution is -0.139. The third-order valence-corrected chi connectivity index (χ3v) is 6.17. The summed E-state index contributed by atoms with van der Waals surface area (Å²) in [5.41, 5.74) is 5.32. The first kappa shape index (κ1) is 25.6. The summed E-state index contributed by atoms with van der Waals surface area (Å²) >= 11 is 0. The van der Waals surface area contributed by atoms with E-state index in [0.717, 1.165) is 37.8 Å². The summed E-state index contributed by atoms with van der Waals surface area (Å²) < 4.78 is 10.8. The first-order valence-corrected chi connectivity index (χ1v) is 12.0. The first-order valence-electron chi connectivity index (χ1n) is 12.0. The van der Waals surface area contributed by atoms with Crippen LogP contribution in [0.5, 0.6) is 5.88 Å². The van der Waals surface area contributed by atoms with Crippen LogP contribution < -0.4 is 10.1 Å². The molecule has 34 heavy (non-hydrogen) atoms. The Labute approximate surface area is 201 Å². The van der Waals surface area contributed by atoms with Crippen molar-refractivity contribution in [1.82, 2.24) is 15.3 Å². The second-order valence-corrected chi connectivity index (χ2v) is 8.78. The van der Waals surface area contributed by atoms with Crippen molar-refractivity contribution in [2.75, 3.05) is 20.3 Å². The van der Waals surface area contributed by atoms with Crippen molar-refractivity contribution >= 4 is 11.9 Å². The van der Waals surface area contributed by atoms with Crippen LogP contribution in [0, 0.1) is 13.8 Å². The van der Waals surface area contributed by atoms with E-state index in [2.05, 4.69) is 22.4 Å². The van der Waals surface area contributed by atoms with Crippen molar-refractivity contribution in [2.45, 2.75) is 71.3 Å². The minimum atomic E-state index is -1.09. The summed E-state index contributed by atoms with van der Waals surface area (Å²) in [6.45, 7) is 4.27. The van der Waals surface area contributed by atoms with E-state index in [1.54, 1.807) is 19.9 Å². The number of carboxylic acid groups (broad SMARTS) is 1. The second-order valence-electron chi connectivity index (χ2n) is 8.78. The fourth-order valence-electron chi connectivity index (χ4n) is 4.31. The number of carboxylic acids is 1. The summed E-state index contributed by atoms with van der Waals surface area (Å²) in [6.07, 6.45) is 7.66. The van der Waals surface area contributed by atoms with E-state index in [9.17, 15) is 14.7 Å². The molecule has 2 heterocycles. The van der Waals surface area contributed by atoms with E-state index in [4.69, 9.17) is 14.5 Å². The predicted molar refractivity (Wildman–Crippen MR) is 128 cm³/mol. The molecule has 2 aromatic rings. The number of carbonyl (C=O) groups excluding carboxylic acids is 1. The van der Waals surface area contributed by atoms with Gasteiger partial charge in [0.05, 0.1) is 18.4 Å². The highest BCUT2D eigenvalue weighted by atomic mass is 16.5. The molecule has 0 radical (unpaired) electrons. The van der Waals surface area contributed by atoms with Crippen molar-refractivity contribution in [3.05, 3.63) is 52.0 Å². The Hall–Kier alpha value is -3.00. The van der Waals surface area contributed by atoms with E-state index in [0.29, 0.717) is 29.3 Å². The molecule has 0 fully saturated rings. The predicted octanol–water partition coefficient (Wildman–Crippen LogP) is 3.59. The molecule has 2 N–H and O–H groups in total. The molecule has 8 heteroatoms. The molecule has 1 unspecified atom stereocenters. The van der Waals surface area contributed by atoms with E-state index in [1.165, 1.54) is 31.2 Å². The van der Waals surface area contributed by atoms with Gasteiger partial charge in [0.2, 0.25) is 5.88 Å². The second kappa shape index (κ2) is 12.5. The Balaban J connectivity index is 1.39. The largest absolute Gasteiger partial charge is 0.481 e. The lowest BCUT2D eigenvalue weighted by Gasteiger charge is -2.17. The summed E-state index contributed by atoms with van der Waals surface area (Å²) in [7, 11) is 1.51. The highest BCUT2D eigenvalue weighted by Crippen LogP contribution is 2.20. The Morgan fingerprint density at radius 1 is 1.12 bits per heavy atom. The molecule has 1 amide bonds. The van der Waals surface area contributed by atoms with Gasteiger partial charge in [0.15, 0.2) is 0 Å². The van der Waals surface area contributed by atoms with Crippen LogP contribution in [-0.2, 0) is 28.8 Å². The molecule has 8 nitrogen and oxygen atoms in total. The SMILES string of the molecule is COc1cc(C)c(C(=O)NC(CCOCCCCc2ccc3c(n2)CCCC3)C(=O)O)c(C)n1. The quantitative estimate of drug-likeness (QED) is 0.457. The number of ether oxygens (including phenoxy) is 2. The monoisotopic (exact) mass is 469 g/mol. The summed E-state index contributed by atoms with van der Waals surface area (Å²) in [4.78, 5) is 33.4. The van der Waals surface area contributed by atoms with Gasteiger partial charge in [-0.1, -0.05) is 6.07 Å². The van der Waals surface area contributed by atoms with Gasteiger partial charge >= 0.3 is 5.97 Å². The number of aryl methyl sites for hydroxylation is 5. The van der Waals surface area contributed by atoms with Crippen LogP contribution in [0.2, 0.25) is 0 Å². The molecule has 2 aromatic heterocycles. The van der Waals surface area contributed by atoms with Crippen molar-refractivity contribution in [1.29, 1.82) is 0 Å². The molecule has 0 saturated carbocycles. The Bertz CT molecular complexity index is 985. The third kappa shape index (κ3) is 7.00. The summed E-state index contributed by atoms with van der Waals surface area (Å²) in [6, 6.07) is 4.97. The fourth-order valence-corrected chi connectivity index (χ4v) is 4.31. The maximum Gasteiger partial charge on any atom is 0.326 e. The zero-order chi connectivity index (χ0) is 24.5. The van der Waals surface area contributed by atoms with Crippen LogP contribution in [0.4, 0.5) is 0 Å². The Morgan fingerprint density at radius 3 is 2.65 bits per heavy atom. The molecule has 0 saturated heterocycles. The fraction of sp³-hybridized carbons (Fsp3) is 0.538. The van der Waals surface area contributed by atoms with Crippen LogP contribution in [0.25, 0.3) is 0 Å². The van der Waals surface area contributed by atoms with Gasteiger partial charge in [-0.15, -0.1) is 0 Å². The molecule has 3 rings (SSSR count). The van der Waals surface area contributed by atoms with Crippen molar-refractivity contribution in [2.24, 2.45) is 0 Å². The number of hydrogen-bond donors (Lipinski definition) is 2. The average molecular weight is 470 g/mol. The molecular weight excluding hydrogens is 434 g/mol. The number of fused-ring (bicyclic) bond motifs is 1. The van der Waals surface area contributed by atoms with Crippen LogP contribution >= 0.6 is 0 Å². The number of aliphatic carboxylic acids is 1. The zero-order valence-electron chi connectivity index (χ0n) is 20.4. The van der Waals surface area contributed by atoms with Gasteiger partial charge in [-0.3, -0.25) is 9.78 Å². The maximum atomic E-state index is 12.7. The molecule has 1 aliphatic carbocycles. The highest BCUT2D eigenvalue weighted by Gasteiger charge is 2.23. The average Bonchev–Trinajstić information content (AvgIpc) is 2.81. The molecule has 1 aliphatic rings. The first-order chi connectivity index (χ1) is 16.4. The van der Waals surface area contributed by atoms with Crippen LogP contribution in [0.3, 0.4) is 0 Å². The molecule has 0 aromatic carbocycles. The number of carbonyl (C=O) groups is 2. The van der Waals surface area contributed by atoms with Gasteiger partial charge in [0, 0.05) is 37.1 Å². The third-order valence-electron chi connectivity index (χ3n) is 6.17. The van der Waals surface area contributed by atoms with Crippen LogP contribution in [0.1, 0.15) is 70.7 Å². The van der Waals surface area contributed by atoms with Gasteiger partial charge in [-0.05, 0) is 76.0 Å². The Morgan fingerprint density at radius 2 is 1.91 bits per heavy atom. The van der Waals surface area contributed by atoms with Crippen molar-refractivity contribution < 1.29 is 24.2 Å². The normalized spacial score (nSPS) is 13.7. The molecule has 0 bridgehead atoms. The number of methoxy groups -OCH3 is 1. The Kier molecular flexibility index (Phi) is 9.39. The van der Waals surface area contributed by atoms with Crippen LogP contribution in [-0.4, -0.2) is 53.3 Å². The van der Waals surface area contributed by atoms with E-state index >= 15 is 0 Å². The lowest BCUT2D eigenvalue weighted by Crippen LogP contribution is -2.42. The van der Waals surface area contributed by atoms with E-state index in [1.807, 2.05) is 0 Å². The number of hydrogen-bond acceptors (Lipinski definition) is 6. The maximum absolute atomic E-state index is 12.7. The number of nitrogens with one attached hydrogen (secondary N) is 1. The summed E-state index contributed by atoms with van der Waals surface area (Å²) in [5.74, 6) is -1.14. The van der Waals surface area contributed by atoms with Gasteiger partial charge in [0.25, 0.3) is 5.91 Å². The smallest absolute Gasteiger partial charge is 0.326 e. The zero-order valence-corrected chi connectivity index (χ0v) is 20.4. The number of aromatic nitrogens is 2. The minimum absolute atomic E-state index is 0.190. The summed E-state index contributed by atoms with van der Waals surface area (Å²) in [5, 5.41) is 12.1. The van der Waals surface area contributed by atoms with Gasteiger partial charge < -0.3 is 19.9 Å². The molecule has 0 spiro atoms. The van der Waals surface area contributed by atoms with Gasteiger partial charge in [-0.25, -0.2) is 9.78 Å². The standard InChI is InChI=1S/C26H35N3O5/c1-17-16-23(33-3)27-18(2)24(17)25(30)29-22(26(31)32)13-15-34-14-7-6-9-20-12-11-19-8-4-5-10-21(19)28-20/h11-12,16,22H,4-10,13-15H2,1-3H3,(H,29,30)(H,31,32). The number of pyridine rings is 2. The molecule has 0 aliphatic heterocycles. The highest BCUT2D eigenvalue weighted by molar-refractivity contribution is 5.98. The van der Waals surface area contributed by atoms with E-state index in [-0.39, 0.29) is 13.0 Å². The van der Waals surface area contributed by atoms with Crippen LogP contribution in [0.15, 0.2) is 18.2 Å². The van der Waals surface area contributed by atoms with Gasteiger partial charge in [0.1, 0.15) is 6.04 Å². The molecule has 184 valence electrons. The minimum Gasteiger partial charge on any atom is -0.481 e. The number of amides is 1.